The number of hydrogen-bond donors (Lipinski definition) is 2. The molecule has 0 aromatic rings. The van der Waals surface area contributed by atoms with Gasteiger partial charge in [-0.3, -0.25) is 4.79 Å². The molecule has 0 amide bonds. The summed E-state index contributed by atoms with van der Waals surface area (Å²) in [5.74, 6) is -0.937. The minimum absolute atomic E-state index is 0. The summed E-state index contributed by atoms with van der Waals surface area (Å²) in [5, 5.41) is 8.98. The second-order valence-corrected chi connectivity index (χ2v) is 9.25. The first-order valence-electron chi connectivity index (χ1n) is 10.6. The molecule has 0 aromatic heterocycles. The Bertz CT molecular complexity index is 380. The van der Waals surface area contributed by atoms with Crippen molar-refractivity contribution in [3.05, 3.63) is 0 Å². The lowest BCUT2D eigenvalue weighted by molar-refractivity contribution is -0.873. The fraction of sp³-hybridized carbons (Fsp3) is 0.950. The van der Waals surface area contributed by atoms with Gasteiger partial charge < -0.3 is 33.7 Å². The zero-order valence-corrected chi connectivity index (χ0v) is 19.7. The average molecular weight is 442 g/mol. The van der Waals surface area contributed by atoms with Gasteiger partial charge in [-0.05, 0) is 19.3 Å². The van der Waals surface area contributed by atoms with Gasteiger partial charge in [0.1, 0.15) is 12.6 Å². The Balaban J connectivity index is 0. The Morgan fingerprint density at radius 3 is 1.97 bits per heavy atom. The average Bonchev–Trinajstić information content (AvgIpc) is 2.56. The van der Waals surface area contributed by atoms with Gasteiger partial charge in [-0.15, -0.1) is 0 Å². The molecule has 3 N–H and O–H groups in total. The van der Waals surface area contributed by atoms with E-state index < -0.39 is 20.7 Å². The van der Waals surface area contributed by atoms with Gasteiger partial charge in [-0.1, -0.05) is 45.4 Å². The maximum atomic E-state index is 11.0. The van der Waals surface area contributed by atoms with Crippen LogP contribution in [0.4, 0.5) is 0 Å². The molecule has 9 heteroatoms. The normalized spacial score (nSPS) is 13.7. The third-order valence-corrected chi connectivity index (χ3v) is 5.05. The molecule has 29 heavy (non-hydrogen) atoms. The molecular weight excluding hydrogens is 397 g/mol. The van der Waals surface area contributed by atoms with Crippen molar-refractivity contribution in [1.82, 2.24) is 0 Å². The molecule has 0 saturated carbocycles. The number of aliphatic carboxylic acids is 1. The highest BCUT2D eigenvalue weighted by Gasteiger charge is 2.25. The lowest BCUT2D eigenvalue weighted by atomic mass is 10.1. The van der Waals surface area contributed by atoms with Crippen molar-refractivity contribution >= 4 is 14.6 Å². The number of carbonyl (C=O) groups is 1. The fourth-order valence-corrected chi connectivity index (χ4v) is 3.55. The Morgan fingerprint density at radius 1 is 0.931 bits per heavy atom. The molecule has 0 aliphatic rings. The molecule has 0 aliphatic carbocycles. The number of nitrogens with zero attached hydrogens (tertiary/aromatic N) is 1. The van der Waals surface area contributed by atoms with Crippen LogP contribution >= 0.6 is 8.60 Å². The Labute approximate surface area is 178 Å². The molecule has 176 valence electrons. The summed E-state index contributed by atoms with van der Waals surface area (Å²) in [6.07, 6.45) is 9.52. The third-order valence-electron chi connectivity index (χ3n) is 4.17. The molecule has 0 heterocycles. The monoisotopic (exact) mass is 441 g/mol. The summed E-state index contributed by atoms with van der Waals surface area (Å²) in [6.45, 7) is 4.88. The number of unbranched alkanes of at least 4 members (excludes halogenated alkanes) is 7. The van der Waals surface area contributed by atoms with Crippen molar-refractivity contribution in [3.63, 3.8) is 0 Å². The molecule has 0 aliphatic heterocycles. The molecule has 0 rings (SSSR count). The molecule has 1 unspecified atom stereocenters. The molecule has 2 atom stereocenters. The molecular formula is C20H44NO7P. The maximum Gasteiger partial charge on any atom is 0.330 e. The second-order valence-electron chi connectivity index (χ2n) is 8.31. The highest BCUT2D eigenvalue weighted by atomic mass is 31.2. The molecule has 0 fully saturated rings. The first kappa shape index (κ1) is 30.9. The number of rotatable bonds is 20. The second kappa shape index (κ2) is 19.6. The highest BCUT2D eigenvalue weighted by Crippen LogP contribution is 2.36. The SMILES string of the molecule is CCCCCOCCCCCCCCOP(O)O[C@H](CC(=O)O)C[N+](C)(C)C.[OH-]. The summed E-state index contributed by atoms with van der Waals surface area (Å²) < 4.78 is 16.9. The van der Waals surface area contributed by atoms with Gasteiger partial charge in [0, 0.05) is 13.2 Å². The highest BCUT2D eigenvalue weighted by molar-refractivity contribution is 7.40. The summed E-state index contributed by atoms with van der Waals surface area (Å²) in [5.41, 5.74) is 0. The van der Waals surface area contributed by atoms with Gasteiger partial charge in [-0.2, -0.15) is 0 Å². The van der Waals surface area contributed by atoms with E-state index in [1.54, 1.807) is 0 Å². The van der Waals surface area contributed by atoms with Crippen molar-refractivity contribution in [2.75, 3.05) is 47.5 Å². The quantitative estimate of drug-likeness (QED) is 0.166. The van der Waals surface area contributed by atoms with Crippen LogP contribution in [0.1, 0.15) is 71.1 Å². The van der Waals surface area contributed by atoms with Gasteiger partial charge in [0.15, 0.2) is 0 Å². The molecule has 0 aromatic carbocycles. The van der Waals surface area contributed by atoms with Crippen LogP contribution in [0.2, 0.25) is 0 Å². The summed E-state index contributed by atoms with van der Waals surface area (Å²) in [7, 11) is 3.83. The maximum absolute atomic E-state index is 11.0. The predicted octanol–water partition coefficient (Wildman–Crippen LogP) is 4.16. The van der Waals surface area contributed by atoms with E-state index in [1.807, 2.05) is 21.1 Å². The third kappa shape index (κ3) is 23.8. The van der Waals surface area contributed by atoms with Crippen LogP contribution in [-0.2, 0) is 18.6 Å². The number of carboxylic acid groups (broad SMARTS) is 1. The van der Waals surface area contributed by atoms with Crippen molar-refractivity contribution in [2.24, 2.45) is 0 Å². The van der Waals surface area contributed by atoms with E-state index in [0.29, 0.717) is 17.6 Å². The topological polar surface area (TPSA) is 115 Å². The first-order chi connectivity index (χ1) is 13.2. The van der Waals surface area contributed by atoms with Gasteiger partial charge >= 0.3 is 14.6 Å². The van der Waals surface area contributed by atoms with Crippen LogP contribution in [-0.4, -0.2) is 79.5 Å². The predicted molar refractivity (Wildman–Crippen MR) is 115 cm³/mol. The fourth-order valence-electron chi connectivity index (χ4n) is 2.81. The van der Waals surface area contributed by atoms with E-state index in [9.17, 15) is 9.69 Å². The minimum Gasteiger partial charge on any atom is -0.870 e. The van der Waals surface area contributed by atoms with Gasteiger partial charge in [0.25, 0.3) is 0 Å². The van der Waals surface area contributed by atoms with Gasteiger partial charge in [-0.25, -0.2) is 0 Å². The van der Waals surface area contributed by atoms with E-state index in [2.05, 4.69) is 6.92 Å². The van der Waals surface area contributed by atoms with Crippen LogP contribution in [0.15, 0.2) is 0 Å². The lowest BCUT2D eigenvalue weighted by Gasteiger charge is -2.29. The minimum atomic E-state index is -2.03. The van der Waals surface area contributed by atoms with Crippen LogP contribution < -0.4 is 0 Å². The number of likely N-dealkylation sites (N-methyl/N-ethyl adjacent to an activating group) is 1. The van der Waals surface area contributed by atoms with Gasteiger partial charge in [0.2, 0.25) is 0 Å². The van der Waals surface area contributed by atoms with E-state index in [-0.39, 0.29) is 11.9 Å². The molecule has 0 bridgehead atoms. The summed E-state index contributed by atoms with van der Waals surface area (Å²) >= 11 is 0. The standard InChI is InChI=1S/C20H42NO6P.H2O/c1-5-6-11-14-25-15-12-9-7-8-10-13-16-26-28(24)27-19(17-20(22)23)18-21(2,3)4;/h19,24H,5-18H2,1-4H3;1H2/t19-,28?;/m1./s1. The van der Waals surface area contributed by atoms with Crippen molar-refractivity contribution in [3.8, 4) is 0 Å². The van der Waals surface area contributed by atoms with Crippen LogP contribution in [0.5, 0.6) is 0 Å². The molecule has 0 radical (unpaired) electrons. The Hall–Kier alpha value is -0.340. The van der Waals surface area contributed by atoms with Crippen molar-refractivity contribution in [1.29, 1.82) is 0 Å². The van der Waals surface area contributed by atoms with Crippen LogP contribution in [0, 0.1) is 0 Å². The first-order valence-corrected chi connectivity index (χ1v) is 11.8. The van der Waals surface area contributed by atoms with E-state index in [1.165, 1.54) is 32.1 Å². The van der Waals surface area contributed by atoms with Crippen molar-refractivity contribution < 1.29 is 38.5 Å². The number of carboxylic acids is 1. The molecule has 0 spiro atoms. The van der Waals surface area contributed by atoms with Gasteiger partial charge in [0.05, 0.1) is 34.2 Å². The van der Waals surface area contributed by atoms with E-state index in [0.717, 1.165) is 38.9 Å². The lowest BCUT2D eigenvalue weighted by Crippen LogP contribution is -2.42. The van der Waals surface area contributed by atoms with E-state index in [4.69, 9.17) is 18.9 Å². The molecule has 8 nitrogen and oxygen atoms in total. The van der Waals surface area contributed by atoms with Crippen LogP contribution in [0.25, 0.3) is 0 Å². The number of hydrogen-bond acceptors (Lipinski definition) is 6. The largest absolute Gasteiger partial charge is 0.870 e. The number of quaternary nitrogens is 1. The summed E-state index contributed by atoms with van der Waals surface area (Å²) in [6, 6.07) is 0. The zero-order chi connectivity index (χ0) is 21.3. The van der Waals surface area contributed by atoms with Crippen LogP contribution in [0.3, 0.4) is 0 Å². The number of ether oxygens (including phenoxy) is 1. The van der Waals surface area contributed by atoms with E-state index >= 15 is 0 Å². The molecule has 0 saturated heterocycles. The summed E-state index contributed by atoms with van der Waals surface area (Å²) in [4.78, 5) is 20.9. The Morgan fingerprint density at radius 2 is 1.45 bits per heavy atom. The Kier molecular flexibility index (Phi) is 20.9. The van der Waals surface area contributed by atoms with Crippen molar-refractivity contribution in [2.45, 2.75) is 77.2 Å². The smallest absolute Gasteiger partial charge is 0.330 e. The zero-order valence-electron chi connectivity index (χ0n) is 18.8.